The molecular weight excluding hydrogens is 404 g/mol. The van der Waals surface area contributed by atoms with Gasteiger partial charge in [0.05, 0.1) is 5.69 Å². The number of hydrogen-bond acceptors (Lipinski definition) is 5. The molecule has 3 rings (SSSR count). The normalized spacial score (nSPS) is 10.9. The maximum atomic E-state index is 12.5. The number of halogens is 2. The third kappa shape index (κ3) is 6.29. The van der Waals surface area contributed by atoms with E-state index in [1.807, 2.05) is 43.3 Å². The van der Waals surface area contributed by atoms with Gasteiger partial charge in [0.15, 0.2) is 0 Å². The second kappa shape index (κ2) is 10.6. The van der Waals surface area contributed by atoms with Gasteiger partial charge in [0.1, 0.15) is 6.61 Å². The van der Waals surface area contributed by atoms with E-state index in [-0.39, 0.29) is 5.88 Å². The number of pyridine rings is 2. The summed E-state index contributed by atoms with van der Waals surface area (Å²) in [5.74, 6) is -0.569. The number of aromatic nitrogens is 2. The van der Waals surface area contributed by atoms with Gasteiger partial charge in [0.2, 0.25) is 11.8 Å². The lowest BCUT2D eigenvalue weighted by Gasteiger charge is -2.12. The molecule has 0 atom stereocenters. The molecule has 2 N–H and O–H groups in total. The molecule has 0 aliphatic heterocycles. The van der Waals surface area contributed by atoms with Crippen LogP contribution in [0.2, 0.25) is 0 Å². The van der Waals surface area contributed by atoms with Gasteiger partial charge in [0, 0.05) is 36.5 Å². The fourth-order valence-electron chi connectivity index (χ4n) is 3.12. The number of rotatable bonds is 9. The third-order valence-corrected chi connectivity index (χ3v) is 4.68. The van der Waals surface area contributed by atoms with E-state index < -0.39 is 19.1 Å². The quantitative estimate of drug-likeness (QED) is 0.546. The average Bonchev–Trinajstić information content (AvgIpc) is 2.78. The zero-order valence-corrected chi connectivity index (χ0v) is 17.0. The minimum atomic E-state index is -2.94. The second-order valence-corrected chi connectivity index (χ2v) is 6.85. The fraction of sp³-hybridized carbons (Fsp3) is 0.261. The van der Waals surface area contributed by atoms with E-state index in [0.29, 0.717) is 24.2 Å². The topological polar surface area (TPSA) is 84.3 Å². The molecular formula is C23H23F2N3O3. The number of amides is 1. The van der Waals surface area contributed by atoms with Crippen LogP contribution in [-0.4, -0.2) is 34.2 Å². The number of benzene rings is 1. The summed E-state index contributed by atoms with van der Waals surface area (Å²) >= 11 is 0. The Labute approximate surface area is 178 Å². The first-order valence-electron chi connectivity index (χ1n) is 9.84. The summed E-state index contributed by atoms with van der Waals surface area (Å²) in [6.45, 7) is -1.12. The lowest BCUT2D eigenvalue weighted by atomic mass is 10.0. The van der Waals surface area contributed by atoms with Gasteiger partial charge in [-0.25, -0.2) is 4.98 Å². The Hall–Kier alpha value is -3.39. The van der Waals surface area contributed by atoms with E-state index in [0.717, 1.165) is 28.8 Å². The highest BCUT2D eigenvalue weighted by Crippen LogP contribution is 2.26. The molecule has 2 heterocycles. The number of aliphatic hydroxyl groups excluding tert-OH is 1. The van der Waals surface area contributed by atoms with Crippen LogP contribution in [0, 0.1) is 0 Å². The van der Waals surface area contributed by atoms with Gasteiger partial charge in [-0.1, -0.05) is 37.3 Å². The number of nitrogens with one attached hydrogen (secondary N) is 1. The molecule has 0 aliphatic rings. The Morgan fingerprint density at radius 3 is 2.55 bits per heavy atom. The number of nitrogens with zero attached hydrogens (tertiary/aromatic N) is 2. The Kier molecular flexibility index (Phi) is 7.61. The van der Waals surface area contributed by atoms with Gasteiger partial charge in [0.25, 0.3) is 0 Å². The van der Waals surface area contributed by atoms with E-state index in [4.69, 9.17) is 10.1 Å². The Bertz CT molecular complexity index is 1030. The van der Waals surface area contributed by atoms with E-state index >= 15 is 0 Å². The first kappa shape index (κ1) is 22.3. The van der Waals surface area contributed by atoms with Crippen molar-refractivity contribution >= 4 is 5.91 Å². The molecule has 0 fully saturated rings. The summed E-state index contributed by atoms with van der Waals surface area (Å²) in [6.07, 6.45) is 2.76. The van der Waals surface area contributed by atoms with Gasteiger partial charge in [-0.05, 0) is 35.2 Å². The number of hydrogen-bond donors (Lipinski definition) is 2. The standard InChI is InChI=1S/C23H23F2N3O3/c1-2-17-7-8-19(11-15-3-5-16(6-4-15)13-27-20(30)14-29)28-22(17)18-9-10-26-21(12-18)31-23(24)25/h3-10,12,23,29H,2,11,13-14H2,1H3,(H,27,30). The predicted octanol–water partition coefficient (Wildman–Crippen LogP) is 3.51. The maximum absolute atomic E-state index is 12.5. The van der Waals surface area contributed by atoms with Gasteiger partial charge < -0.3 is 15.2 Å². The molecule has 0 saturated heterocycles. The molecule has 0 unspecified atom stereocenters. The van der Waals surface area contributed by atoms with Crippen molar-refractivity contribution in [2.24, 2.45) is 0 Å². The highest BCUT2D eigenvalue weighted by atomic mass is 19.3. The van der Waals surface area contributed by atoms with Crippen molar-refractivity contribution in [3.63, 3.8) is 0 Å². The number of carbonyl (C=O) groups is 1. The molecule has 1 aromatic carbocycles. The minimum Gasteiger partial charge on any atom is -0.417 e. The molecule has 31 heavy (non-hydrogen) atoms. The molecule has 162 valence electrons. The van der Waals surface area contributed by atoms with E-state index in [1.54, 1.807) is 6.07 Å². The smallest absolute Gasteiger partial charge is 0.388 e. The van der Waals surface area contributed by atoms with Crippen LogP contribution in [0.5, 0.6) is 5.88 Å². The molecule has 0 radical (unpaired) electrons. The number of aliphatic hydroxyl groups is 1. The lowest BCUT2D eigenvalue weighted by Crippen LogP contribution is -2.25. The molecule has 8 heteroatoms. The van der Waals surface area contributed by atoms with Crippen molar-refractivity contribution in [3.05, 3.63) is 77.1 Å². The Balaban J connectivity index is 1.78. The van der Waals surface area contributed by atoms with Crippen LogP contribution in [-0.2, 0) is 24.2 Å². The molecule has 1 amide bonds. The largest absolute Gasteiger partial charge is 0.417 e. The fourth-order valence-corrected chi connectivity index (χ4v) is 3.12. The van der Waals surface area contributed by atoms with E-state index in [1.165, 1.54) is 12.3 Å². The molecule has 0 aliphatic carbocycles. The van der Waals surface area contributed by atoms with Crippen LogP contribution in [0.25, 0.3) is 11.3 Å². The van der Waals surface area contributed by atoms with Crippen LogP contribution >= 0.6 is 0 Å². The zero-order valence-electron chi connectivity index (χ0n) is 17.0. The van der Waals surface area contributed by atoms with Crippen molar-refractivity contribution in [1.29, 1.82) is 0 Å². The van der Waals surface area contributed by atoms with Crippen LogP contribution < -0.4 is 10.1 Å². The first-order valence-corrected chi connectivity index (χ1v) is 9.84. The lowest BCUT2D eigenvalue weighted by molar-refractivity contribution is -0.123. The Morgan fingerprint density at radius 2 is 1.87 bits per heavy atom. The van der Waals surface area contributed by atoms with Crippen molar-refractivity contribution < 1.29 is 23.4 Å². The molecule has 6 nitrogen and oxygen atoms in total. The van der Waals surface area contributed by atoms with Gasteiger partial charge in [-0.2, -0.15) is 8.78 Å². The molecule has 0 bridgehead atoms. The first-order chi connectivity index (χ1) is 15.0. The van der Waals surface area contributed by atoms with Crippen LogP contribution in [0.4, 0.5) is 8.78 Å². The van der Waals surface area contributed by atoms with Crippen LogP contribution in [0.1, 0.15) is 29.3 Å². The minimum absolute atomic E-state index is 0.148. The highest BCUT2D eigenvalue weighted by Gasteiger charge is 2.12. The van der Waals surface area contributed by atoms with Crippen molar-refractivity contribution in [2.75, 3.05) is 6.61 Å². The molecule has 2 aromatic heterocycles. The number of carbonyl (C=O) groups excluding carboxylic acids is 1. The SMILES string of the molecule is CCc1ccc(Cc2ccc(CNC(=O)CO)cc2)nc1-c1ccnc(OC(F)F)c1. The summed E-state index contributed by atoms with van der Waals surface area (Å²) in [5, 5.41) is 11.4. The number of ether oxygens (including phenoxy) is 1. The molecule has 0 saturated carbocycles. The van der Waals surface area contributed by atoms with Gasteiger partial charge in [-0.3, -0.25) is 9.78 Å². The molecule has 3 aromatic rings. The summed E-state index contributed by atoms with van der Waals surface area (Å²) in [4.78, 5) is 19.7. The van der Waals surface area contributed by atoms with E-state index in [9.17, 15) is 13.6 Å². The van der Waals surface area contributed by atoms with Crippen LogP contribution in [0.3, 0.4) is 0 Å². The second-order valence-electron chi connectivity index (χ2n) is 6.85. The highest BCUT2D eigenvalue weighted by molar-refractivity contribution is 5.76. The van der Waals surface area contributed by atoms with Crippen LogP contribution in [0.15, 0.2) is 54.7 Å². The van der Waals surface area contributed by atoms with Crippen molar-refractivity contribution in [2.45, 2.75) is 32.9 Å². The van der Waals surface area contributed by atoms with Gasteiger partial charge >= 0.3 is 6.61 Å². The molecule has 0 spiro atoms. The van der Waals surface area contributed by atoms with Crippen molar-refractivity contribution in [1.82, 2.24) is 15.3 Å². The summed E-state index contributed by atoms with van der Waals surface area (Å²) in [5.41, 5.74) is 5.17. The number of aryl methyl sites for hydroxylation is 1. The number of alkyl halides is 2. The monoisotopic (exact) mass is 427 g/mol. The summed E-state index contributed by atoms with van der Waals surface area (Å²) in [6, 6.07) is 14.9. The summed E-state index contributed by atoms with van der Waals surface area (Å²) in [7, 11) is 0. The van der Waals surface area contributed by atoms with E-state index in [2.05, 4.69) is 15.0 Å². The van der Waals surface area contributed by atoms with Gasteiger partial charge in [-0.15, -0.1) is 0 Å². The summed E-state index contributed by atoms with van der Waals surface area (Å²) < 4.78 is 29.5. The maximum Gasteiger partial charge on any atom is 0.388 e. The average molecular weight is 427 g/mol. The third-order valence-electron chi connectivity index (χ3n) is 4.68. The zero-order chi connectivity index (χ0) is 22.2. The Morgan fingerprint density at radius 1 is 1.13 bits per heavy atom. The predicted molar refractivity (Wildman–Crippen MR) is 112 cm³/mol. The van der Waals surface area contributed by atoms with Crippen molar-refractivity contribution in [3.8, 4) is 17.1 Å².